The molecule has 0 aliphatic carbocycles. The molecule has 186 valence electrons. The van der Waals surface area contributed by atoms with Gasteiger partial charge in [0.1, 0.15) is 12.6 Å². The Kier molecular flexibility index (Phi) is 5.29. The highest BCUT2D eigenvalue weighted by atomic mass is 16.5. The Bertz CT molecular complexity index is 1310. The smallest absolute Gasteiger partial charge is 0.276 e. The monoisotopic (exact) mass is 493 g/mol. The van der Waals surface area contributed by atoms with Gasteiger partial charge in [0.2, 0.25) is 17.7 Å². The Morgan fingerprint density at radius 2 is 1.97 bits per heavy atom. The molecule has 0 spiro atoms. The number of aromatic nitrogens is 3. The Morgan fingerprint density at radius 3 is 2.81 bits per heavy atom. The number of nitrogens with zero attached hydrogens (tertiary/aromatic N) is 5. The molecule has 4 aliphatic rings. The van der Waals surface area contributed by atoms with Gasteiger partial charge in [-0.15, -0.1) is 5.10 Å². The molecule has 2 aromatic rings. The zero-order valence-corrected chi connectivity index (χ0v) is 19.2. The molecule has 2 N–H and O–H groups in total. The van der Waals surface area contributed by atoms with E-state index in [1.54, 1.807) is 23.1 Å². The minimum absolute atomic E-state index is 0.0428. The molecular weight excluding hydrogens is 470 g/mol. The zero-order valence-electron chi connectivity index (χ0n) is 19.2. The fourth-order valence-electron chi connectivity index (χ4n) is 5.24. The largest absolute Gasteiger partial charge is 0.366 e. The van der Waals surface area contributed by atoms with Crippen molar-refractivity contribution in [1.29, 1.82) is 0 Å². The maximum Gasteiger partial charge on any atom is 0.276 e. The molecule has 36 heavy (non-hydrogen) atoms. The summed E-state index contributed by atoms with van der Waals surface area (Å²) >= 11 is 0. The number of hydrogen-bond acceptors (Lipinski definition) is 8. The highest BCUT2D eigenvalue weighted by Crippen LogP contribution is 2.29. The Labute approximate surface area is 204 Å². The van der Waals surface area contributed by atoms with Crippen molar-refractivity contribution >= 4 is 29.5 Å². The van der Waals surface area contributed by atoms with Crippen molar-refractivity contribution in [3.05, 3.63) is 41.2 Å². The summed E-state index contributed by atoms with van der Waals surface area (Å²) in [5, 5.41) is 13.3. The summed E-state index contributed by atoms with van der Waals surface area (Å²) in [5.41, 5.74) is 1.99. The van der Waals surface area contributed by atoms with E-state index in [0.717, 1.165) is 5.56 Å². The number of amides is 5. The third-order valence-electron chi connectivity index (χ3n) is 7.10. The lowest BCUT2D eigenvalue weighted by molar-refractivity contribution is -0.140. The summed E-state index contributed by atoms with van der Waals surface area (Å²) in [4.78, 5) is 64.4. The Morgan fingerprint density at radius 1 is 1.11 bits per heavy atom. The van der Waals surface area contributed by atoms with Crippen molar-refractivity contribution in [2.45, 2.75) is 44.0 Å². The van der Waals surface area contributed by atoms with E-state index in [1.807, 2.05) is 0 Å². The number of piperidine rings is 2. The zero-order chi connectivity index (χ0) is 25.0. The SMILES string of the molecule is O=C1CCC(N2Cc3cc(-n4cc(C(=O)N5CC[C@@H]6OCC(=O)N[C@@H]6C5)nn4)ccc3C2=O)C(=O)N1. The molecule has 13 heteroatoms. The number of fused-ring (bicyclic) bond motifs is 2. The average molecular weight is 493 g/mol. The van der Waals surface area contributed by atoms with Gasteiger partial charge in [0.15, 0.2) is 5.69 Å². The minimum atomic E-state index is -0.690. The summed E-state index contributed by atoms with van der Waals surface area (Å²) in [6.45, 7) is 1.10. The highest BCUT2D eigenvalue weighted by Gasteiger charge is 2.40. The minimum Gasteiger partial charge on any atom is -0.366 e. The van der Waals surface area contributed by atoms with E-state index < -0.39 is 11.9 Å². The van der Waals surface area contributed by atoms with Crippen molar-refractivity contribution in [1.82, 2.24) is 35.4 Å². The van der Waals surface area contributed by atoms with Crippen molar-refractivity contribution < 1.29 is 28.7 Å². The summed E-state index contributed by atoms with van der Waals surface area (Å²) in [5.74, 6) is -1.54. The quantitative estimate of drug-likeness (QED) is 0.503. The average Bonchev–Trinajstić information content (AvgIpc) is 3.48. The van der Waals surface area contributed by atoms with Gasteiger partial charge in [-0.2, -0.15) is 0 Å². The van der Waals surface area contributed by atoms with Crippen LogP contribution in [0.4, 0.5) is 0 Å². The first kappa shape index (κ1) is 22.3. The van der Waals surface area contributed by atoms with Gasteiger partial charge < -0.3 is 19.9 Å². The van der Waals surface area contributed by atoms with Gasteiger partial charge in [-0.1, -0.05) is 5.21 Å². The van der Waals surface area contributed by atoms with Gasteiger partial charge in [0.05, 0.1) is 24.0 Å². The number of carbonyl (C=O) groups excluding carboxylic acids is 5. The van der Waals surface area contributed by atoms with E-state index >= 15 is 0 Å². The van der Waals surface area contributed by atoms with Crippen LogP contribution in [-0.2, 0) is 25.7 Å². The van der Waals surface area contributed by atoms with Gasteiger partial charge in [0, 0.05) is 31.6 Å². The highest BCUT2D eigenvalue weighted by molar-refractivity contribution is 6.05. The van der Waals surface area contributed by atoms with Crippen LogP contribution in [-0.4, -0.2) is 92.2 Å². The van der Waals surface area contributed by atoms with Crippen LogP contribution in [0.15, 0.2) is 24.4 Å². The summed E-state index contributed by atoms with van der Waals surface area (Å²) in [6, 6.07) is 4.21. The Hall–Kier alpha value is -4.13. The van der Waals surface area contributed by atoms with Crippen LogP contribution in [0.5, 0.6) is 0 Å². The van der Waals surface area contributed by atoms with Gasteiger partial charge in [-0.05, 0) is 36.6 Å². The van der Waals surface area contributed by atoms with Crippen LogP contribution in [0.1, 0.15) is 45.7 Å². The predicted molar refractivity (Wildman–Crippen MR) is 120 cm³/mol. The number of ether oxygens (including phenoxy) is 1. The van der Waals surface area contributed by atoms with E-state index in [4.69, 9.17) is 4.74 Å². The molecule has 5 amide bonds. The van der Waals surface area contributed by atoms with E-state index in [1.165, 1.54) is 15.8 Å². The molecule has 13 nitrogen and oxygen atoms in total. The molecule has 3 fully saturated rings. The number of rotatable bonds is 3. The number of carbonyl (C=O) groups is 5. The lowest BCUT2D eigenvalue weighted by atomic mass is 10.0. The number of imide groups is 1. The lowest BCUT2D eigenvalue weighted by Crippen LogP contribution is -2.61. The maximum absolute atomic E-state index is 13.0. The molecule has 1 unspecified atom stereocenters. The number of benzene rings is 1. The molecular formula is C23H23N7O6. The lowest BCUT2D eigenvalue weighted by Gasteiger charge is -2.40. The van der Waals surface area contributed by atoms with Gasteiger partial charge in [-0.25, -0.2) is 4.68 Å². The summed E-state index contributed by atoms with van der Waals surface area (Å²) in [6.07, 6.45) is 2.53. The molecule has 0 saturated carbocycles. The van der Waals surface area contributed by atoms with Crippen molar-refractivity contribution in [2.24, 2.45) is 0 Å². The third kappa shape index (κ3) is 3.81. The van der Waals surface area contributed by atoms with E-state index in [2.05, 4.69) is 20.9 Å². The second-order valence-corrected chi connectivity index (χ2v) is 9.35. The maximum atomic E-state index is 13.0. The molecule has 4 aliphatic heterocycles. The summed E-state index contributed by atoms with van der Waals surface area (Å²) in [7, 11) is 0. The van der Waals surface area contributed by atoms with Crippen LogP contribution >= 0.6 is 0 Å². The van der Waals surface area contributed by atoms with Crippen LogP contribution < -0.4 is 10.6 Å². The van der Waals surface area contributed by atoms with E-state index in [0.29, 0.717) is 37.2 Å². The van der Waals surface area contributed by atoms with E-state index in [9.17, 15) is 24.0 Å². The molecule has 6 rings (SSSR count). The van der Waals surface area contributed by atoms with Gasteiger partial charge in [-0.3, -0.25) is 29.3 Å². The first-order chi connectivity index (χ1) is 17.4. The van der Waals surface area contributed by atoms with E-state index in [-0.39, 0.29) is 61.0 Å². The molecule has 5 heterocycles. The predicted octanol–water partition coefficient (Wildman–Crippen LogP) is -1.24. The van der Waals surface area contributed by atoms with Crippen LogP contribution in [0.25, 0.3) is 5.69 Å². The van der Waals surface area contributed by atoms with Crippen molar-refractivity contribution in [2.75, 3.05) is 19.7 Å². The first-order valence-corrected chi connectivity index (χ1v) is 11.8. The molecule has 1 aromatic carbocycles. The fourth-order valence-corrected chi connectivity index (χ4v) is 5.24. The molecule has 1 aromatic heterocycles. The van der Waals surface area contributed by atoms with Gasteiger partial charge in [0.25, 0.3) is 11.8 Å². The number of nitrogens with one attached hydrogen (secondary N) is 2. The normalized spacial score (nSPS) is 25.8. The number of hydrogen-bond donors (Lipinski definition) is 2. The van der Waals surface area contributed by atoms with Crippen molar-refractivity contribution in [3.63, 3.8) is 0 Å². The molecule has 0 radical (unpaired) electrons. The van der Waals surface area contributed by atoms with Crippen molar-refractivity contribution in [3.8, 4) is 5.69 Å². The molecule has 0 bridgehead atoms. The van der Waals surface area contributed by atoms with Crippen LogP contribution in [0, 0.1) is 0 Å². The molecule has 3 saturated heterocycles. The molecule has 3 atom stereocenters. The third-order valence-corrected chi connectivity index (χ3v) is 7.10. The van der Waals surface area contributed by atoms with Crippen LogP contribution in [0.3, 0.4) is 0 Å². The summed E-state index contributed by atoms with van der Waals surface area (Å²) < 4.78 is 7.01. The second kappa shape index (κ2) is 8.52. The standard InChI is InChI=1S/C23H23N7O6/c31-19-4-3-17(21(33)25-19)29-8-12-7-13(1-2-14(12)22(29)34)30-10-16(26-27-30)23(35)28-6-5-18-15(9-28)24-20(32)11-36-18/h1-2,7,10,15,17-18H,3-6,8-9,11H2,(H,24,32)(H,25,31,33)/t15-,17?,18+/m1/s1. The Balaban J connectivity index is 1.17. The van der Waals surface area contributed by atoms with Gasteiger partial charge >= 0.3 is 0 Å². The number of morpholine rings is 1. The fraction of sp³-hybridized carbons (Fsp3) is 0.435. The van der Waals surface area contributed by atoms with Crippen LogP contribution in [0.2, 0.25) is 0 Å². The number of likely N-dealkylation sites (tertiary alicyclic amines) is 1. The first-order valence-electron chi connectivity index (χ1n) is 11.8. The second-order valence-electron chi connectivity index (χ2n) is 9.35. The topological polar surface area (TPSA) is 156 Å².